The van der Waals surface area contributed by atoms with E-state index in [4.69, 9.17) is 5.11 Å². The van der Waals surface area contributed by atoms with Crippen LogP contribution in [-0.2, 0) is 11.2 Å². The van der Waals surface area contributed by atoms with E-state index in [0.29, 0.717) is 5.56 Å². The standard InChI is InChI=1S/C18H18BrNO4/c1-11-7-8-13(10-14(11)19)17(22)20-15(16(21)18(23)24)9-12-5-3-2-4-6-12/h2-8,10,15-16,21H,9H2,1H3,(H,20,22)(H,23,24)/t15-,16-/m1/s1. The molecule has 2 atom stereocenters. The Kier molecular flexibility index (Phi) is 6.11. The van der Waals surface area contributed by atoms with E-state index in [9.17, 15) is 14.7 Å². The molecule has 2 aromatic carbocycles. The molecule has 126 valence electrons. The molecule has 0 heterocycles. The summed E-state index contributed by atoms with van der Waals surface area (Å²) < 4.78 is 0.786. The van der Waals surface area contributed by atoms with E-state index in [1.165, 1.54) is 0 Å². The van der Waals surface area contributed by atoms with Crippen LogP contribution in [0.4, 0.5) is 0 Å². The number of amides is 1. The Morgan fingerprint density at radius 1 is 1.17 bits per heavy atom. The number of hydrogen-bond donors (Lipinski definition) is 3. The van der Waals surface area contributed by atoms with Gasteiger partial charge in [-0.25, -0.2) is 4.79 Å². The molecule has 6 heteroatoms. The fourth-order valence-corrected chi connectivity index (χ4v) is 2.65. The molecule has 2 rings (SSSR count). The number of carboxylic acid groups (broad SMARTS) is 1. The summed E-state index contributed by atoms with van der Waals surface area (Å²) in [4.78, 5) is 23.5. The van der Waals surface area contributed by atoms with Gasteiger partial charge in [0, 0.05) is 10.0 Å². The molecular weight excluding hydrogens is 374 g/mol. The molecule has 0 radical (unpaired) electrons. The number of nitrogens with one attached hydrogen (secondary N) is 1. The van der Waals surface area contributed by atoms with Gasteiger partial charge in [0.15, 0.2) is 6.10 Å². The first-order valence-corrected chi connectivity index (χ1v) is 8.19. The van der Waals surface area contributed by atoms with Crippen LogP contribution in [0, 0.1) is 6.92 Å². The number of rotatable bonds is 6. The molecule has 0 spiro atoms. The molecule has 1 amide bonds. The summed E-state index contributed by atoms with van der Waals surface area (Å²) in [6, 6.07) is 13.3. The van der Waals surface area contributed by atoms with Crippen LogP contribution in [-0.4, -0.2) is 34.2 Å². The van der Waals surface area contributed by atoms with Gasteiger partial charge in [-0.3, -0.25) is 4.79 Å². The highest BCUT2D eigenvalue weighted by molar-refractivity contribution is 9.10. The molecule has 3 N–H and O–H groups in total. The van der Waals surface area contributed by atoms with Crippen LogP contribution in [0.5, 0.6) is 0 Å². The summed E-state index contributed by atoms with van der Waals surface area (Å²) in [5, 5.41) is 21.6. The second-order valence-electron chi connectivity index (χ2n) is 5.52. The molecule has 0 aliphatic rings. The molecule has 2 aromatic rings. The van der Waals surface area contributed by atoms with Crippen LogP contribution in [0.2, 0.25) is 0 Å². The van der Waals surface area contributed by atoms with Crippen molar-refractivity contribution in [3.63, 3.8) is 0 Å². The average molecular weight is 392 g/mol. The predicted molar refractivity (Wildman–Crippen MR) is 93.9 cm³/mol. The quantitative estimate of drug-likeness (QED) is 0.705. The number of carbonyl (C=O) groups excluding carboxylic acids is 1. The maximum atomic E-state index is 12.4. The van der Waals surface area contributed by atoms with Crippen LogP contribution in [0.1, 0.15) is 21.5 Å². The number of aliphatic hydroxyl groups is 1. The molecule has 0 bridgehead atoms. The number of aliphatic hydroxyl groups excluding tert-OH is 1. The molecule has 0 saturated heterocycles. The summed E-state index contributed by atoms with van der Waals surface area (Å²) >= 11 is 3.36. The third kappa shape index (κ3) is 4.66. The molecule has 0 fully saturated rings. The van der Waals surface area contributed by atoms with Crippen molar-refractivity contribution in [2.75, 3.05) is 0 Å². The van der Waals surface area contributed by atoms with Gasteiger partial charge in [-0.2, -0.15) is 0 Å². The number of benzene rings is 2. The first kappa shape index (κ1) is 18.2. The Balaban J connectivity index is 2.19. The van der Waals surface area contributed by atoms with Crippen molar-refractivity contribution in [1.82, 2.24) is 5.32 Å². The van der Waals surface area contributed by atoms with Gasteiger partial charge < -0.3 is 15.5 Å². The maximum Gasteiger partial charge on any atom is 0.334 e. The minimum Gasteiger partial charge on any atom is -0.479 e. The number of aryl methyl sites for hydroxylation is 1. The highest BCUT2D eigenvalue weighted by Crippen LogP contribution is 2.18. The molecular formula is C18H18BrNO4. The van der Waals surface area contributed by atoms with E-state index < -0.39 is 24.0 Å². The zero-order chi connectivity index (χ0) is 17.7. The van der Waals surface area contributed by atoms with Gasteiger partial charge in [0.25, 0.3) is 5.91 Å². The van der Waals surface area contributed by atoms with E-state index >= 15 is 0 Å². The fourth-order valence-electron chi connectivity index (χ4n) is 2.27. The summed E-state index contributed by atoms with van der Waals surface area (Å²) in [6.07, 6.45) is -1.48. The lowest BCUT2D eigenvalue weighted by Crippen LogP contribution is -2.48. The Morgan fingerprint density at radius 3 is 2.42 bits per heavy atom. The lowest BCUT2D eigenvalue weighted by atomic mass is 10.0. The minimum atomic E-state index is -1.69. The average Bonchev–Trinajstić information content (AvgIpc) is 2.56. The Hall–Kier alpha value is -2.18. The molecule has 0 aliphatic carbocycles. The Labute approximate surface area is 148 Å². The summed E-state index contributed by atoms with van der Waals surface area (Å²) in [6.45, 7) is 1.90. The van der Waals surface area contributed by atoms with Crippen molar-refractivity contribution < 1.29 is 19.8 Å². The van der Waals surface area contributed by atoms with E-state index in [1.807, 2.05) is 37.3 Å². The number of carbonyl (C=O) groups is 2. The third-order valence-electron chi connectivity index (χ3n) is 3.68. The first-order valence-electron chi connectivity index (χ1n) is 7.40. The fraction of sp³-hybridized carbons (Fsp3) is 0.222. The number of halogens is 1. The van der Waals surface area contributed by atoms with Crippen molar-refractivity contribution in [3.8, 4) is 0 Å². The summed E-state index contributed by atoms with van der Waals surface area (Å²) in [7, 11) is 0. The maximum absolute atomic E-state index is 12.4. The monoisotopic (exact) mass is 391 g/mol. The van der Waals surface area contributed by atoms with Crippen LogP contribution in [0.15, 0.2) is 53.0 Å². The van der Waals surface area contributed by atoms with Crippen LogP contribution < -0.4 is 5.32 Å². The van der Waals surface area contributed by atoms with Gasteiger partial charge in [-0.05, 0) is 36.6 Å². The third-order valence-corrected chi connectivity index (χ3v) is 4.54. The molecule has 0 unspecified atom stereocenters. The first-order chi connectivity index (χ1) is 11.4. The summed E-state index contributed by atoms with van der Waals surface area (Å²) in [5.41, 5.74) is 2.20. The molecule has 0 aliphatic heterocycles. The van der Waals surface area contributed by atoms with E-state index in [2.05, 4.69) is 21.2 Å². The smallest absolute Gasteiger partial charge is 0.334 e. The zero-order valence-corrected chi connectivity index (χ0v) is 14.7. The predicted octanol–water partition coefficient (Wildman–Crippen LogP) is 2.54. The van der Waals surface area contributed by atoms with E-state index in [-0.39, 0.29) is 6.42 Å². The number of hydrogen-bond acceptors (Lipinski definition) is 3. The molecule has 0 saturated carbocycles. The number of aliphatic carboxylic acids is 1. The van der Waals surface area contributed by atoms with Gasteiger partial charge in [0.1, 0.15) is 0 Å². The largest absolute Gasteiger partial charge is 0.479 e. The van der Waals surface area contributed by atoms with Gasteiger partial charge >= 0.3 is 5.97 Å². The zero-order valence-electron chi connectivity index (χ0n) is 13.1. The Morgan fingerprint density at radius 2 is 1.83 bits per heavy atom. The van der Waals surface area contributed by atoms with Gasteiger partial charge in [-0.15, -0.1) is 0 Å². The van der Waals surface area contributed by atoms with Crippen molar-refractivity contribution >= 4 is 27.8 Å². The van der Waals surface area contributed by atoms with Crippen molar-refractivity contribution in [3.05, 3.63) is 69.7 Å². The summed E-state index contributed by atoms with van der Waals surface area (Å²) in [5.74, 6) is -1.81. The van der Waals surface area contributed by atoms with Crippen LogP contribution in [0.3, 0.4) is 0 Å². The highest BCUT2D eigenvalue weighted by atomic mass is 79.9. The minimum absolute atomic E-state index is 0.215. The number of carboxylic acids is 1. The van der Waals surface area contributed by atoms with Crippen LogP contribution >= 0.6 is 15.9 Å². The van der Waals surface area contributed by atoms with Crippen molar-refractivity contribution in [1.29, 1.82) is 0 Å². The molecule has 5 nitrogen and oxygen atoms in total. The van der Waals surface area contributed by atoms with Gasteiger partial charge in [0.05, 0.1) is 6.04 Å². The Bertz CT molecular complexity index is 733. The lowest BCUT2D eigenvalue weighted by molar-refractivity contribution is -0.148. The van der Waals surface area contributed by atoms with Crippen molar-refractivity contribution in [2.24, 2.45) is 0 Å². The highest BCUT2D eigenvalue weighted by Gasteiger charge is 2.28. The molecule has 0 aromatic heterocycles. The van der Waals surface area contributed by atoms with Gasteiger partial charge in [0.2, 0.25) is 0 Å². The SMILES string of the molecule is Cc1ccc(C(=O)N[C@H](Cc2ccccc2)[C@@H](O)C(=O)O)cc1Br. The second kappa shape index (κ2) is 8.08. The van der Waals surface area contributed by atoms with Crippen LogP contribution in [0.25, 0.3) is 0 Å². The van der Waals surface area contributed by atoms with E-state index in [1.54, 1.807) is 18.2 Å². The van der Waals surface area contributed by atoms with Gasteiger partial charge in [-0.1, -0.05) is 52.3 Å². The van der Waals surface area contributed by atoms with Crippen molar-refractivity contribution in [2.45, 2.75) is 25.5 Å². The topological polar surface area (TPSA) is 86.6 Å². The second-order valence-corrected chi connectivity index (χ2v) is 6.37. The normalized spacial score (nSPS) is 13.1. The van der Waals surface area contributed by atoms with E-state index in [0.717, 1.165) is 15.6 Å². The lowest BCUT2D eigenvalue weighted by Gasteiger charge is -2.22. The molecule has 24 heavy (non-hydrogen) atoms.